The summed E-state index contributed by atoms with van der Waals surface area (Å²) >= 11 is 6.61. The van der Waals surface area contributed by atoms with E-state index in [0.29, 0.717) is 0 Å². The molecule has 0 aliphatic rings. The van der Waals surface area contributed by atoms with Gasteiger partial charge in [0.1, 0.15) is 0 Å². The van der Waals surface area contributed by atoms with Crippen LogP contribution in [0.25, 0.3) is 0 Å². The molecule has 0 saturated heterocycles. The number of nitrogens with one attached hydrogen (secondary N) is 1. The monoisotopic (exact) mass is 456 g/mol. The van der Waals surface area contributed by atoms with Crippen molar-refractivity contribution in [3.05, 3.63) is 132 Å². The Morgan fingerprint density at radius 3 is 1.66 bits per heavy atom. The highest BCUT2D eigenvalue weighted by Crippen LogP contribution is 2.59. The molecule has 4 aromatic rings. The Morgan fingerprint density at radius 1 is 0.656 bits per heavy atom. The van der Waals surface area contributed by atoms with Crippen molar-refractivity contribution < 1.29 is 0 Å². The normalized spacial score (nSPS) is 12.2. The minimum Gasteiger partial charge on any atom is -0.372 e. The van der Waals surface area contributed by atoms with Gasteiger partial charge in [-0.15, -0.1) is 0 Å². The van der Waals surface area contributed by atoms with Crippen LogP contribution >= 0.6 is 6.04 Å². The highest BCUT2D eigenvalue weighted by atomic mass is 32.4. The van der Waals surface area contributed by atoms with Crippen LogP contribution in [0.5, 0.6) is 0 Å². The lowest BCUT2D eigenvalue weighted by Crippen LogP contribution is -2.18. The van der Waals surface area contributed by atoms with Crippen LogP contribution in [0.3, 0.4) is 0 Å². The number of anilines is 1. The van der Waals surface area contributed by atoms with Crippen molar-refractivity contribution in [3.8, 4) is 0 Å². The van der Waals surface area contributed by atoms with Crippen LogP contribution in [-0.2, 0) is 24.6 Å². The smallest absolute Gasteiger partial charge is 0.0974 e. The van der Waals surface area contributed by atoms with Crippen molar-refractivity contribution in [2.24, 2.45) is 0 Å². The third-order valence-electron chi connectivity index (χ3n) is 5.76. The second-order valence-electron chi connectivity index (χ2n) is 8.04. The van der Waals surface area contributed by atoms with E-state index in [1.807, 2.05) is 18.3 Å². The average molecular weight is 457 g/mol. The van der Waals surface area contributed by atoms with Crippen LogP contribution in [0, 0.1) is 0 Å². The minimum atomic E-state index is -1.89. The summed E-state index contributed by atoms with van der Waals surface area (Å²) in [6.07, 6.45) is 5.86. The van der Waals surface area contributed by atoms with E-state index in [-0.39, 0.29) is 5.78 Å². The number of para-hydroxylation sites is 1. The molecule has 32 heavy (non-hydrogen) atoms. The maximum Gasteiger partial charge on any atom is 0.0974 e. The number of aromatic nitrogens is 1. The minimum absolute atomic E-state index is 0.0357. The Labute approximate surface area is 196 Å². The van der Waals surface area contributed by atoms with Crippen LogP contribution < -0.4 is 5.32 Å². The molecule has 0 spiro atoms. The van der Waals surface area contributed by atoms with Gasteiger partial charge in [0.15, 0.2) is 0 Å². The lowest BCUT2D eigenvalue weighted by Gasteiger charge is -2.33. The number of hydrogen-bond acceptors (Lipinski definition) is 3. The third-order valence-corrected chi connectivity index (χ3v) is 10.8. The number of pyridine rings is 1. The van der Waals surface area contributed by atoms with Crippen molar-refractivity contribution in [2.75, 3.05) is 17.6 Å². The standard InChI is InChI=1S/C28H29N2PS/c32-31(22-19-24-12-4-1-5-13-24,23-20-25-14-6-2-7-15-25)28(27-18-10-11-21-29-27)30-26-16-8-3-9-17-26/h1-18,21,28,30H,19-20,22-23H2. The summed E-state index contributed by atoms with van der Waals surface area (Å²) < 4.78 is 0. The first-order valence-electron chi connectivity index (χ1n) is 11.1. The lowest BCUT2D eigenvalue weighted by atomic mass is 10.2. The zero-order valence-electron chi connectivity index (χ0n) is 18.2. The van der Waals surface area contributed by atoms with Crippen molar-refractivity contribution in [1.29, 1.82) is 0 Å². The van der Waals surface area contributed by atoms with Gasteiger partial charge >= 0.3 is 0 Å². The first-order chi connectivity index (χ1) is 15.7. The Bertz CT molecular complexity index is 1070. The van der Waals surface area contributed by atoms with Gasteiger partial charge in [0, 0.05) is 11.9 Å². The number of aryl methyl sites for hydroxylation is 2. The zero-order valence-corrected chi connectivity index (χ0v) is 19.9. The van der Waals surface area contributed by atoms with Crippen molar-refractivity contribution >= 4 is 23.5 Å². The van der Waals surface area contributed by atoms with Gasteiger partial charge in [0.05, 0.1) is 11.5 Å². The fourth-order valence-corrected chi connectivity index (χ4v) is 8.02. The van der Waals surface area contributed by atoms with Crippen molar-refractivity contribution in [2.45, 2.75) is 18.6 Å². The average Bonchev–Trinajstić information content (AvgIpc) is 2.87. The fraction of sp³-hybridized carbons (Fsp3) is 0.179. The zero-order chi connectivity index (χ0) is 22.1. The maximum atomic E-state index is 6.61. The van der Waals surface area contributed by atoms with E-state index in [1.165, 1.54) is 11.1 Å². The van der Waals surface area contributed by atoms with E-state index >= 15 is 0 Å². The highest BCUT2D eigenvalue weighted by molar-refractivity contribution is 8.14. The van der Waals surface area contributed by atoms with E-state index < -0.39 is 6.04 Å². The van der Waals surface area contributed by atoms with Crippen LogP contribution in [0.2, 0.25) is 0 Å². The van der Waals surface area contributed by atoms with Crippen LogP contribution in [0.15, 0.2) is 115 Å². The second-order valence-corrected chi connectivity index (χ2v) is 13.5. The molecule has 1 unspecified atom stereocenters. The molecule has 1 atom stereocenters. The summed E-state index contributed by atoms with van der Waals surface area (Å²) in [6.45, 7) is 0. The molecule has 2 nitrogen and oxygen atoms in total. The van der Waals surface area contributed by atoms with Gasteiger partial charge in [0.25, 0.3) is 0 Å². The predicted molar refractivity (Wildman–Crippen MR) is 141 cm³/mol. The second kappa shape index (κ2) is 11.2. The molecule has 162 valence electrons. The third kappa shape index (κ3) is 6.16. The van der Waals surface area contributed by atoms with E-state index in [9.17, 15) is 0 Å². The largest absolute Gasteiger partial charge is 0.372 e. The van der Waals surface area contributed by atoms with Gasteiger partial charge in [-0.1, -0.05) is 96.7 Å². The lowest BCUT2D eigenvalue weighted by molar-refractivity contribution is 0.971. The molecule has 4 rings (SSSR count). The molecule has 1 heterocycles. The van der Waals surface area contributed by atoms with E-state index in [2.05, 4.69) is 102 Å². The summed E-state index contributed by atoms with van der Waals surface area (Å²) in [5, 5.41) is 3.79. The van der Waals surface area contributed by atoms with Gasteiger partial charge < -0.3 is 5.32 Å². The molecule has 3 aromatic carbocycles. The van der Waals surface area contributed by atoms with E-state index in [1.54, 1.807) is 0 Å². The summed E-state index contributed by atoms with van der Waals surface area (Å²) in [5.41, 5.74) is 4.83. The first kappa shape index (κ1) is 22.5. The fourth-order valence-electron chi connectivity index (χ4n) is 3.96. The topological polar surface area (TPSA) is 24.9 Å². The molecule has 0 saturated carbocycles. The molecule has 0 aliphatic heterocycles. The summed E-state index contributed by atoms with van der Waals surface area (Å²) in [4.78, 5) is 4.75. The van der Waals surface area contributed by atoms with Crippen LogP contribution in [0.4, 0.5) is 5.69 Å². The Kier molecular flexibility index (Phi) is 7.87. The summed E-state index contributed by atoms with van der Waals surface area (Å²) in [5.74, 6) is 0.0357. The Hall–Kier alpha value is -2.74. The Balaban J connectivity index is 1.66. The number of nitrogens with zero attached hydrogens (tertiary/aromatic N) is 1. The maximum absolute atomic E-state index is 6.61. The Morgan fingerprint density at radius 2 is 1.16 bits per heavy atom. The number of benzene rings is 3. The van der Waals surface area contributed by atoms with Gasteiger partial charge in [-0.2, -0.15) is 0 Å². The summed E-state index contributed by atoms with van der Waals surface area (Å²) in [7, 11) is 0. The quantitative estimate of drug-likeness (QED) is 0.256. The molecule has 4 heteroatoms. The van der Waals surface area contributed by atoms with E-state index in [4.69, 9.17) is 16.8 Å². The number of hydrogen-bond donors (Lipinski definition) is 1. The molecule has 0 bridgehead atoms. The molecular weight excluding hydrogens is 427 g/mol. The summed E-state index contributed by atoms with van der Waals surface area (Å²) in [6, 6.07) is 36.1. The van der Waals surface area contributed by atoms with E-state index in [0.717, 1.165) is 36.5 Å². The first-order valence-corrected chi connectivity index (χ1v) is 14.4. The highest BCUT2D eigenvalue weighted by Gasteiger charge is 2.30. The molecule has 1 N–H and O–H groups in total. The van der Waals surface area contributed by atoms with Crippen LogP contribution in [-0.4, -0.2) is 17.3 Å². The predicted octanol–water partition coefficient (Wildman–Crippen LogP) is 7.16. The van der Waals surface area contributed by atoms with Gasteiger partial charge in [-0.3, -0.25) is 4.98 Å². The molecule has 0 radical (unpaired) electrons. The molecule has 0 aliphatic carbocycles. The van der Waals surface area contributed by atoms with Gasteiger partial charge in [-0.25, -0.2) is 0 Å². The molecule has 0 fully saturated rings. The molecule has 0 amide bonds. The molecule has 1 aromatic heterocycles. The SMILES string of the molecule is S=P(CCc1ccccc1)(CCc1ccccc1)C(Nc1ccccc1)c1ccccn1. The number of rotatable bonds is 10. The molecular formula is C28H29N2PS. The van der Waals surface area contributed by atoms with Crippen molar-refractivity contribution in [1.82, 2.24) is 4.98 Å². The van der Waals surface area contributed by atoms with Gasteiger partial charge in [0.2, 0.25) is 0 Å². The van der Waals surface area contributed by atoms with Crippen molar-refractivity contribution in [3.63, 3.8) is 0 Å². The van der Waals surface area contributed by atoms with Gasteiger partial charge in [-0.05, 0) is 66.6 Å². The van der Waals surface area contributed by atoms with Crippen LogP contribution in [0.1, 0.15) is 22.6 Å².